The van der Waals surface area contributed by atoms with E-state index in [4.69, 9.17) is 9.47 Å². The van der Waals surface area contributed by atoms with Gasteiger partial charge in [0.2, 0.25) is 0 Å². The molecule has 0 spiro atoms. The topological polar surface area (TPSA) is 18.5 Å². The van der Waals surface area contributed by atoms with Crippen molar-refractivity contribution in [2.24, 2.45) is 0 Å². The van der Waals surface area contributed by atoms with Crippen molar-refractivity contribution in [2.45, 2.75) is 13.1 Å². The Balaban J connectivity index is 2.58. The number of methoxy groups -OCH3 is 2. The molecule has 0 amide bonds. The van der Waals surface area contributed by atoms with Crippen LogP contribution in [0.3, 0.4) is 0 Å². The molecule has 0 saturated heterocycles. The van der Waals surface area contributed by atoms with Crippen LogP contribution in [0.4, 0.5) is 0 Å². The molecule has 0 saturated carbocycles. The average molecular weight is 272 g/mol. The molecule has 2 aromatic carbocycles. The molecule has 0 atom stereocenters. The summed E-state index contributed by atoms with van der Waals surface area (Å²) in [6.07, 6.45) is 0. The van der Waals surface area contributed by atoms with E-state index in [9.17, 15) is 0 Å². The summed E-state index contributed by atoms with van der Waals surface area (Å²) in [5.74, 6) is 1.93. The molecule has 0 heterocycles. The van der Waals surface area contributed by atoms with Crippen molar-refractivity contribution in [3.63, 3.8) is 0 Å². The Morgan fingerprint density at radius 2 is 1.05 bits per heavy atom. The number of hydrogen-bond acceptors (Lipinski definition) is 2. The zero-order chi connectivity index (χ0) is 13.9. The van der Waals surface area contributed by atoms with E-state index in [0.717, 1.165) is 11.5 Å². The van der Waals surface area contributed by atoms with E-state index < -0.39 is 8.07 Å². The Kier molecular flexibility index (Phi) is 3.95. The van der Waals surface area contributed by atoms with Gasteiger partial charge in [0.1, 0.15) is 19.6 Å². The molecular formula is C16H20O2Si. The summed E-state index contributed by atoms with van der Waals surface area (Å²) in [6, 6.07) is 16.5. The fourth-order valence-electron chi connectivity index (χ4n) is 2.47. The van der Waals surface area contributed by atoms with Crippen molar-refractivity contribution in [1.82, 2.24) is 0 Å². The lowest BCUT2D eigenvalue weighted by atomic mass is 10.3. The van der Waals surface area contributed by atoms with Crippen LogP contribution in [-0.4, -0.2) is 22.3 Å². The Bertz CT molecular complexity index is 515. The highest BCUT2D eigenvalue weighted by Gasteiger charge is 2.31. The van der Waals surface area contributed by atoms with Crippen LogP contribution in [-0.2, 0) is 0 Å². The van der Waals surface area contributed by atoms with Crippen LogP contribution in [0.1, 0.15) is 0 Å². The van der Waals surface area contributed by atoms with Crippen LogP contribution in [0, 0.1) is 0 Å². The fraction of sp³-hybridized carbons (Fsp3) is 0.250. The van der Waals surface area contributed by atoms with E-state index in [-0.39, 0.29) is 0 Å². The summed E-state index contributed by atoms with van der Waals surface area (Å²) in [7, 11) is 1.62. The molecule has 19 heavy (non-hydrogen) atoms. The van der Waals surface area contributed by atoms with Gasteiger partial charge in [-0.25, -0.2) is 0 Å². The third-order valence-electron chi connectivity index (χ3n) is 3.56. The lowest BCUT2D eigenvalue weighted by Gasteiger charge is -2.27. The molecule has 0 N–H and O–H groups in total. The van der Waals surface area contributed by atoms with Crippen LogP contribution < -0.4 is 19.8 Å². The Morgan fingerprint density at radius 1 is 0.684 bits per heavy atom. The number of hydrogen-bond donors (Lipinski definition) is 0. The zero-order valence-electron chi connectivity index (χ0n) is 11.9. The smallest absolute Gasteiger partial charge is 0.121 e. The van der Waals surface area contributed by atoms with Crippen LogP contribution in [0.15, 0.2) is 48.5 Å². The van der Waals surface area contributed by atoms with E-state index in [1.165, 1.54) is 10.4 Å². The van der Waals surface area contributed by atoms with Gasteiger partial charge in [-0.15, -0.1) is 0 Å². The minimum Gasteiger partial charge on any atom is -0.497 e. The second kappa shape index (κ2) is 5.49. The van der Waals surface area contributed by atoms with Gasteiger partial charge in [-0.05, 0) is 22.5 Å². The molecule has 0 bridgehead atoms. The Labute approximate surface area is 116 Å². The molecule has 2 nitrogen and oxygen atoms in total. The fourth-order valence-corrected chi connectivity index (χ4v) is 5.39. The SMILES string of the molecule is COc1ccccc1[Si](C)(C)c1ccccc1OC. The van der Waals surface area contributed by atoms with Crippen molar-refractivity contribution < 1.29 is 9.47 Å². The van der Waals surface area contributed by atoms with Crippen LogP contribution in [0.5, 0.6) is 11.5 Å². The van der Waals surface area contributed by atoms with Gasteiger partial charge in [-0.2, -0.15) is 0 Å². The van der Waals surface area contributed by atoms with Crippen molar-refractivity contribution in [2.75, 3.05) is 14.2 Å². The summed E-state index contributed by atoms with van der Waals surface area (Å²) in [6.45, 7) is 4.64. The van der Waals surface area contributed by atoms with E-state index in [2.05, 4.69) is 37.4 Å². The maximum atomic E-state index is 5.52. The van der Waals surface area contributed by atoms with E-state index in [0.29, 0.717) is 0 Å². The molecule has 3 heteroatoms. The highest BCUT2D eigenvalue weighted by Crippen LogP contribution is 2.18. The highest BCUT2D eigenvalue weighted by atomic mass is 28.3. The van der Waals surface area contributed by atoms with E-state index >= 15 is 0 Å². The molecule has 0 fully saturated rings. The Hall–Kier alpha value is -1.74. The number of para-hydroxylation sites is 2. The quantitative estimate of drug-likeness (QED) is 0.796. The normalized spacial score (nSPS) is 11.2. The molecule has 0 aromatic heterocycles. The molecule has 2 aromatic rings. The van der Waals surface area contributed by atoms with Crippen molar-refractivity contribution in [1.29, 1.82) is 0 Å². The predicted octanol–water partition coefficient (Wildman–Crippen LogP) is 2.53. The van der Waals surface area contributed by atoms with Gasteiger partial charge in [0.05, 0.1) is 14.2 Å². The zero-order valence-corrected chi connectivity index (χ0v) is 12.9. The van der Waals surface area contributed by atoms with Crippen molar-refractivity contribution in [3.05, 3.63) is 48.5 Å². The van der Waals surface area contributed by atoms with Gasteiger partial charge < -0.3 is 9.47 Å². The molecule has 0 unspecified atom stereocenters. The lowest BCUT2D eigenvalue weighted by Crippen LogP contribution is -2.53. The summed E-state index contributed by atoms with van der Waals surface area (Å²) in [4.78, 5) is 0. The van der Waals surface area contributed by atoms with Crippen LogP contribution in [0.2, 0.25) is 13.1 Å². The largest absolute Gasteiger partial charge is 0.497 e. The number of rotatable bonds is 4. The summed E-state index contributed by atoms with van der Waals surface area (Å²) in [5, 5.41) is 2.59. The average Bonchev–Trinajstić information content (AvgIpc) is 2.47. The molecule has 100 valence electrons. The highest BCUT2D eigenvalue weighted by molar-refractivity contribution is 7.01. The summed E-state index contributed by atoms with van der Waals surface area (Å²) < 4.78 is 11.0. The minimum absolute atomic E-state index is 0.963. The first-order valence-corrected chi connectivity index (χ1v) is 9.38. The standard InChI is InChI=1S/C16H20O2Si/c1-17-13-9-5-7-11-15(13)19(3,4)16-12-8-6-10-14(16)18-2/h5-12H,1-4H3. The monoisotopic (exact) mass is 272 g/mol. The minimum atomic E-state index is -1.84. The van der Waals surface area contributed by atoms with E-state index in [1.807, 2.05) is 24.3 Å². The van der Waals surface area contributed by atoms with Gasteiger partial charge in [0.15, 0.2) is 0 Å². The third kappa shape index (κ3) is 2.51. The maximum absolute atomic E-state index is 5.52. The van der Waals surface area contributed by atoms with Crippen molar-refractivity contribution in [3.8, 4) is 11.5 Å². The lowest BCUT2D eigenvalue weighted by molar-refractivity contribution is 0.416. The van der Waals surface area contributed by atoms with Gasteiger partial charge in [-0.3, -0.25) is 0 Å². The summed E-state index contributed by atoms with van der Waals surface area (Å²) in [5.41, 5.74) is 0. The summed E-state index contributed by atoms with van der Waals surface area (Å²) >= 11 is 0. The van der Waals surface area contributed by atoms with Crippen LogP contribution in [0.25, 0.3) is 0 Å². The third-order valence-corrected chi connectivity index (χ3v) is 7.08. The predicted molar refractivity (Wildman–Crippen MR) is 82.7 cm³/mol. The van der Waals surface area contributed by atoms with Gasteiger partial charge in [0, 0.05) is 0 Å². The second-order valence-electron chi connectivity index (χ2n) is 5.03. The van der Waals surface area contributed by atoms with Crippen LogP contribution >= 0.6 is 0 Å². The number of benzene rings is 2. The van der Waals surface area contributed by atoms with Crippen molar-refractivity contribution >= 4 is 18.4 Å². The molecule has 0 radical (unpaired) electrons. The number of ether oxygens (including phenoxy) is 2. The van der Waals surface area contributed by atoms with E-state index in [1.54, 1.807) is 14.2 Å². The molecular weight excluding hydrogens is 252 g/mol. The van der Waals surface area contributed by atoms with Gasteiger partial charge in [-0.1, -0.05) is 49.5 Å². The first-order chi connectivity index (χ1) is 9.11. The Morgan fingerprint density at radius 3 is 1.42 bits per heavy atom. The molecule has 2 rings (SSSR count). The van der Waals surface area contributed by atoms with Gasteiger partial charge >= 0.3 is 0 Å². The van der Waals surface area contributed by atoms with Gasteiger partial charge in [0.25, 0.3) is 0 Å². The first kappa shape index (κ1) is 13.7. The molecule has 0 aliphatic heterocycles. The molecule has 0 aliphatic rings. The maximum Gasteiger partial charge on any atom is 0.121 e. The second-order valence-corrected chi connectivity index (χ2v) is 9.35. The first-order valence-electron chi connectivity index (χ1n) is 6.38. The molecule has 0 aliphatic carbocycles.